The number of carbonyl (C=O) groups excluding carboxylic acids is 1. The molecule has 6 nitrogen and oxygen atoms in total. The summed E-state index contributed by atoms with van der Waals surface area (Å²) in [7, 11) is 7.08. The van der Waals surface area contributed by atoms with Crippen molar-refractivity contribution < 1.29 is 14.3 Å². The van der Waals surface area contributed by atoms with Gasteiger partial charge in [0.2, 0.25) is 0 Å². The molecule has 3 aromatic rings. The number of rotatable bonds is 5. The van der Waals surface area contributed by atoms with Gasteiger partial charge in [-0.3, -0.25) is 10.1 Å². The fraction of sp³-hybridized carbons (Fsp3) is 0.222. The number of aromatic nitrogens is 1. The molecular weight excluding hydrogens is 338 g/mol. The summed E-state index contributed by atoms with van der Waals surface area (Å²) in [4.78, 5) is 18.8. The summed E-state index contributed by atoms with van der Waals surface area (Å²) in [6.07, 6.45) is 0. The molecule has 0 spiro atoms. The molecule has 25 heavy (non-hydrogen) atoms. The second-order valence-electron chi connectivity index (χ2n) is 5.59. The second kappa shape index (κ2) is 6.98. The van der Waals surface area contributed by atoms with Crippen molar-refractivity contribution in [2.45, 2.75) is 0 Å². The number of nitrogens with zero attached hydrogens (tertiary/aromatic N) is 2. The molecule has 2 aromatic carbocycles. The molecule has 130 valence electrons. The predicted molar refractivity (Wildman–Crippen MR) is 101 cm³/mol. The van der Waals surface area contributed by atoms with Gasteiger partial charge >= 0.3 is 0 Å². The van der Waals surface area contributed by atoms with Crippen LogP contribution in [0, 0.1) is 0 Å². The van der Waals surface area contributed by atoms with Crippen molar-refractivity contribution in [2.75, 3.05) is 38.5 Å². The van der Waals surface area contributed by atoms with Gasteiger partial charge in [0.1, 0.15) is 0 Å². The van der Waals surface area contributed by atoms with Gasteiger partial charge in [-0.05, 0) is 24.3 Å². The Morgan fingerprint density at radius 2 is 1.72 bits per heavy atom. The number of hydrogen-bond donors (Lipinski definition) is 1. The monoisotopic (exact) mass is 357 g/mol. The lowest BCUT2D eigenvalue weighted by Gasteiger charge is -2.12. The number of ether oxygens (including phenoxy) is 2. The van der Waals surface area contributed by atoms with Gasteiger partial charge in [-0.1, -0.05) is 11.3 Å². The average molecular weight is 357 g/mol. The van der Waals surface area contributed by atoms with Crippen LogP contribution in [0.1, 0.15) is 10.4 Å². The molecule has 7 heteroatoms. The van der Waals surface area contributed by atoms with Crippen molar-refractivity contribution >= 4 is 38.3 Å². The minimum Gasteiger partial charge on any atom is -0.493 e. The zero-order valence-electron chi connectivity index (χ0n) is 14.5. The van der Waals surface area contributed by atoms with E-state index in [0.29, 0.717) is 22.2 Å². The molecule has 0 aliphatic carbocycles. The summed E-state index contributed by atoms with van der Waals surface area (Å²) < 4.78 is 11.5. The van der Waals surface area contributed by atoms with Crippen LogP contribution in [0.15, 0.2) is 36.4 Å². The Labute approximate surface area is 150 Å². The molecular formula is C18H19N3O3S. The van der Waals surface area contributed by atoms with Crippen LogP contribution in [0.2, 0.25) is 0 Å². The van der Waals surface area contributed by atoms with Gasteiger partial charge in [0.15, 0.2) is 16.6 Å². The Kier molecular flexibility index (Phi) is 4.76. The van der Waals surface area contributed by atoms with Gasteiger partial charge < -0.3 is 14.4 Å². The fourth-order valence-electron chi connectivity index (χ4n) is 2.39. The first kappa shape index (κ1) is 17.0. The molecule has 0 saturated carbocycles. The van der Waals surface area contributed by atoms with Gasteiger partial charge in [0.25, 0.3) is 5.91 Å². The van der Waals surface area contributed by atoms with E-state index in [0.717, 1.165) is 15.9 Å². The summed E-state index contributed by atoms with van der Waals surface area (Å²) in [5.74, 6) is 1.05. The van der Waals surface area contributed by atoms with Crippen molar-refractivity contribution in [1.29, 1.82) is 0 Å². The number of anilines is 2. The zero-order chi connectivity index (χ0) is 18.0. The molecule has 0 fully saturated rings. The molecule has 0 atom stereocenters. The highest BCUT2D eigenvalue weighted by Gasteiger charge is 2.13. The van der Waals surface area contributed by atoms with E-state index in [4.69, 9.17) is 9.47 Å². The number of nitrogens with one attached hydrogen (secondary N) is 1. The lowest BCUT2D eigenvalue weighted by Crippen LogP contribution is -2.13. The molecule has 1 aromatic heterocycles. The third-order valence-corrected chi connectivity index (χ3v) is 4.69. The van der Waals surface area contributed by atoms with Crippen molar-refractivity contribution in [3.8, 4) is 11.5 Å². The minimum absolute atomic E-state index is 0.191. The highest BCUT2D eigenvalue weighted by atomic mass is 32.1. The maximum Gasteiger partial charge on any atom is 0.257 e. The van der Waals surface area contributed by atoms with Gasteiger partial charge in [-0.25, -0.2) is 4.98 Å². The minimum atomic E-state index is -0.191. The maximum absolute atomic E-state index is 12.4. The summed E-state index contributed by atoms with van der Waals surface area (Å²) in [6, 6.07) is 11.1. The van der Waals surface area contributed by atoms with E-state index >= 15 is 0 Å². The van der Waals surface area contributed by atoms with Crippen LogP contribution >= 0.6 is 11.3 Å². The number of fused-ring (bicyclic) bond motifs is 1. The molecule has 0 aliphatic heterocycles. The Morgan fingerprint density at radius 1 is 1.08 bits per heavy atom. The van der Waals surface area contributed by atoms with Crippen LogP contribution in [0.25, 0.3) is 10.2 Å². The summed E-state index contributed by atoms with van der Waals surface area (Å²) in [5, 5.41) is 3.38. The second-order valence-corrected chi connectivity index (χ2v) is 6.62. The quantitative estimate of drug-likeness (QED) is 0.755. The molecule has 0 unspecified atom stereocenters. The van der Waals surface area contributed by atoms with Crippen LogP contribution < -0.4 is 19.7 Å². The number of carbonyl (C=O) groups is 1. The highest BCUT2D eigenvalue weighted by Crippen LogP contribution is 2.36. The Hall–Kier alpha value is -2.80. The van der Waals surface area contributed by atoms with E-state index in [1.165, 1.54) is 11.3 Å². The first-order chi connectivity index (χ1) is 12.0. The number of hydrogen-bond acceptors (Lipinski definition) is 6. The molecule has 1 amide bonds. The first-order valence-corrected chi connectivity index (χ1v) is 8.44. The molecule has 1 heterocycles. The summed E-state index contributed by atoms with van der Waals surface area (Å²) in [6.45, 7) is 0. The van der Waals surface area contributed by atoms with Crippen LogP contribution in [0.5, 0.6) is 11.5 Å². The van der Waals surface area contributed by atoms with Crippen LogP contribution in [0.4, 0.5) is 10.8 Å². The fourth-order valence-corrected chi connectivity index (χ4v) is 3.26. The Balaban J connectivity index is 1.83. The smallest absolute Gasteiger partial charge is 0.257 e. The lowest BCUT2D eigenvalue weighted by molar-refractivity contribution is 0.102. The van der Waals surface area contributed by atoms with E-state index in [-0.39, 0.29) is 5.91 Å². The van der Waals surface area contributed by atoms with Crippen molar-refractivity contribution in [3.63, 3.8) is 0 Å². The maximum atomic E-state index is 12.4. The summed E-state index contributed by atoms with van der Waals surface area (Å²) in [5.41, 5.74) is 2.37. The molecule has 0 aliphatic rings. The van der Waals surface area contributed by atoms with Crippen molar-refractivity contribution in [2.24, 2.45) is 0 Å². The SMILES string of the molecule is COc1cc2nc(NC(=O)c3ccc(N(C)C)cc3)sc2cc1OC. The third kappa shape index (κ3) is 3.51. The predicted octanol–water partition coefficient (Wildman–Crippen LogP) is 3.63. The molecule has 1 N–H and O–H groups in total. The van der Waals surface area contributed by atoms with Gasteiger partial charge in [-0.2, -0.15) is 0 Å². The van der Waals surface area contributed by atoms with Crippen LogP contribution in [-0.2, 0) is 0 Å². The average Bonchev–Trinajstić information content (AvgIpc) is 3.01. The molecule has 0 bridgehead atoms. The standard InChI is InChI=1S/C18H19N3O3S/c1-21(2)12-7-5-11(6-8-12)17(22)20-18-19-13-9-14(23-3)15(24-4)10-16(13)25-18/h5-10H,1-4H3,(H,19,20,22). The van der Waals surface area contributed by atoms with E-state index < -0.39 is 0 Å². The molecule has 3 rings (SSSR count). The highest BCUT2D eigenvalue weighted by molar-refractivity contribution is 7.22. The van der Waals surface area contributed by atoms with Crippen LogP contribution in [0.3, 0.4) is 0 Å². The van der Waals surface area contributed by atoms with Gasteiger partial charge in [0.05, 0.1) is 24.4 Å². The van der Waals surface area contributed by atoms with E-state index in [1.807, 2.05) is 37.2 Å². The first-order valence-electron chi connectivity index (χ1n) is 7.63. The number of thiazole rings is 1. The topological polar surface area (TPSA) is 63.7 Å². The third-order valence-electron chi connectivity index (χ3n) is 3.76. The van der Waals surface area contributed by atoms with Crippen molar-refractivity contribution in [1.82, 2.24) is 4.98 Å². The van der Waals surface area contributed by atoms with E-state index in [9.17, 15) is 4.79 Å². The van der Waals surface area contributed by atoms with E-state index in [2.05, 4.69) is 10.3 Å². The van der Waals surface area contributed by atoms with Gasteiger partial charge in [0, 0.05) is 37.5 Å². The number of methoxy groups -OCH3 is 2. The Morgan fingerprint density at radius 3 is 2.32 bits per heavy atom. The number of amides is 1. The lowest BCUT2D eigenvalue weighted by atomic mass is 10.2. The van der Waals surface area contributed by atoms with E-state index in [1.54, 1.807) is 32.4 Å². The normalized spacial score (nSPS) is 10.6. The van der Waals surface area contributed by atoms with Crippen molar-refractivity contribution in [3.05, 3.63) is 42.0 Å². The molecule has 0 saturated heterocycles. The van der Waals surface area contributed by atoms with Gasteiger partial charge in [-0.15, -0.1) is 0 Å². The summed E-state index contributed by atoms with van der Waals surface area (Å²) >= 11 is 1.39. The van der Waals surface area contributed by atoms with Crippen LogP contribution in [-0.4, -0.2) is 39.2 Å². The zero-order valence-corrected chi connectivity index (χ0v) is 15.3. The molecule has 0 radical (unpaired) electrons. The Bertz CT molecular complexity index is 863. The number of benzene rings is 2. The largest absolute Gasteiger partial charge is 0.493 e.